The monoisotopic (exact) mass is 243 g/mol. The molecule has 0 heterocycles. The van der Waals surface area contributed by atoms with E-state index in [1.165, 1.54) is 0 Å². The van der Waals surface area contributed by atoms with E-state index in [1.54, 1.807) is 20.8 Å². The number of hydrogen-bond donors (Lipinski definition) is 1. The molecule has 0 fully saturated rings. The predicted molar refractivity (Wildman–Crippen MR) is 62.8 cm³/mol. The summed E-state index contributed by atoms with van der Waals surface area (Å²) in [7, 11) is 0. The van der Waals surface area contributed by atoms with Crippen LogP contribution in [0, 0.1) is 0 Å². The largest absolute Gasteiger partial charge is 0.442 e. The van der Waals surface area contributed by atoms with Crippen molar-refractivity contribution in [2.45, 2.75) is 51.9 Å². The maximum atomic E-state index is 11.7. The smallest absolute Gasteiger partial charge is 0.434 e. The summed E-state index contributed by atoms with van der Waals surface area (Å²) < 4.78 is 10.5. The van der Waals surface area contributed by atoms with Gasteiger partial charge in [0.05, 0.1) is 12.1 Å². The van der Waals surface area contributed by atoms with Crippen molar-refractivity contribution in [3.8, 4) is 0 Å². The zero-order chi connectivity index (χ0) is 13.1. The van der Waals surface area contributed by atoms with Crippen LogP contribution in [0.1, 0.15) is 34.1 Å². The maximum absolute atomic E-state index is 11.7. The van der Waals surface area contributed by atoms with Gasteiger partial charge in [0.25, 0.3) is 0 Å². The van der Waals surface area contributed by atoms with Gasteiger partial charge in [-0.1, -0.05) is 12.2 Å². The third-order valence-corrected chi connectivity index (χ3v) is 2.34. The predicted octanol–water partition coefficient (Wildman–Crippen LogP) is 2.35. The Morgan fingerprint density at radius 1 is 1.53 bits per heavy atom. The summed E-state index contributed by atoms with van der Waals surface area (Å²) in [4.78, 5) is 11.7. The first-order valence-electron chi connectivity index (χ1n) is 5.84. The fourth-order valence-electron chi connectivity index (χ4n) is 1.66. The maximum Gasteiger partial charge on any atom is 0.434 e. The highest BCUT2D eigenvalue weighted by Gasteiger charge is 2.34. The van der Waals surface area contributed by atoms with Crippen LogP contribution in [-0.4, -0.2) is 40.7 Å². The van der Waals surface area contributed by atoms with Crippen molar-refractivity contribution < 1.29 is 19.5 Å². The number of rotatable bonds is 3. The highest BCUT2D eigenvalue weighted by atomic mass is 16.6. The van der Waals surface area contributed by atoms with Crippen LogP contribution in [0.2, 0.25) is 0 Å². The lowest BCUT2D eigenvalue weighted by molar-refractivity contribution is -0.140. The first kappa shape index (κ1) is 14.0. The second kappa shape index (κ2) is 5.51. The minimum atomic E-state index is -0.740. The lowest BCUT2D eigenvalue weighted by Crippen LogP contribution is -2.45. The minimum absolute atomic E-state index is 0.266. The van der Waals surface area contributed by atoms with Crippen molar-refractivity contribution in [1.82, 2.24) is 5.06 Å². The van der Waals surface area contributed by atoms with E-state index in [4.69, 9.17) is 9.47 Å². The number of amides is 1. The van der Waals surface area contributed by atoms with E-state index in [9.17, 15) is 10.0 Å². The molecule has 1 aliphatic rings. The molecule has 1 rings (SSSR count). The fourth-order valence-corrected chi connectivity index (χ4v) is 1.66. The first-order chi connectivity index (χ1) is 7.85. The SMILES string of the molecule is CCO[C@@H]1C=CC[C@@H]1N(O)C(=O)OC(C)(C)C. The van der Waals surface area contributed by atoms with E-state index in [0.29, 0.717) is 18.1 Å². The molecule has 0 aromatic heterocycles. The lowest BCUT2D eigenvalue weighted by atomic mass is 10.2. The van der Waals surface area contributed by atoms with Crippen LogP contribution < -0.4 is 0 Å². The second-order valence-electron chi connectivity index (χ2n) is 4.98. The van der Waals surface area contributed by atoms with Gasteiger partial charge in [-0.3, -0.25) is 5.21 Å². The number of carbonyl (C=O) groups is 1. The van der Waals surface area contributed by atoms with E-state index < -0.39 is 17.7 Å². The summed E-state index contributed by atoms with van der Waals surface area (Å²) in [5.74, 6) is 0. The molecule has 0 radical (unpaired) electrons. The standard InChI is InChI=1S/C12H21NO4/c1-5-16-10-8-6-7-9(10)13(15)11(14)17-12(2,3)4/h6,8-10,15H,5,7H2,1-4H3/t9-,10+/m0/s1. The van der Waals surface area contributed by atoms with Gasteiger partial charge in [0.2, 0.25) is 0 Å². The van der Waals surface area contributed by atoms with Crippen LogP contribution in [-0.2, 0) is 9.47 Å². The molecule has 1 aliphatic carbocycles. The van der Waals surface area contributed by atoms with Crippen molar-refractivity contribution >= 4 is 6.09 Å². The van der Waals surface area contributed by atoms with Crippen molar-refractivity contribution in [3.63, 3.8) is 0 Å². The van der Waals surface area contributed by atoms with Crippen molar-refractivity contribution in [3.05, 3.63) is 12.2 Å². The number of ether oxygens (including phenoxy) is 2. The van der Waals surface area contributed by atoms with Crippen LogP contribution in [0.15, 0.2) is 12.2 Å². The Balaban J connectivity index is 2.57. The van der Waals surface area contributed by atoms with Gasteiger partial charge in [0.15, 0.2) is 0 Å². The van der Waals surface area contributed by atoms with E-state index in [1.807, 2.05) is 19.1 Å². The Morgan fingerprint density at radius 2 is 2.18 bits per heavy atom. The molecule has 0 spiro atoms. The minimum Gasteiger partial charge on any atom is -0.442 e. The molecule has 0 bridgehead atoms. The summed E-state index contributed by atoms with van der Waals surface area (Å²) in [6.45, 7) is 7.68. The molecule has 2 atom stereocenters. The Hall–Kier alpha value is -1.07. The van der Waals surface area contributed by atoms with Crippen LogP contribution in [0.5, 0.6) is 0 Å². The van der Waals surface area contributed by atoms with Gasteiger partial charge in [-0.2, -0.15) is 5.06 Å². The summed E-state index contributed by atoms with van der Waals surface area (Å²) in [5, 5.41) is 10.4. The van der Waals surface area contributed by atoms with E-state index in [-0.39, 0.29) is 6.10 Å². The van der Waals surface area contributed by atoms with Crippen LogP contribution in [0.3, 0.4) is 0 Å². The highest BCUT2D eigenvalue weighted by Crippen LogP contribution is 2.21. The third kappa shape index (κ3) is 4.02. The zero-order valence-corrected chi connectivity index (χ0v) is 10.8. The van der Waals surface area contributed by atoms with E-state index in [0.717, 1.165) is 0 Å². The van der Waals surface area contributed by atoms with Crippen LogP contribution >= 0.6 is 0 Å². The van der Waals surface area contributed by atoms with Crippen molar-refractivity contribution in [2.75, 3.05) is 6.61 Å². The average Bonchev–Trinajstić information content (AvgIpc) is 2.62. The Kier molecular flexibility index (Phi) is 4.54. The van der Waals surface area contributed by atoms with E-state index >= 15 is 0 Å². The topological polar surface area (TPSA) is 59.0 Å². The van der Waals surface area contributed by atoms with Gasteiger partial charge >= 0.3 is 6.09 Å². The Bertz CT molecular complexity index is 295. The molecule has 0 saturated heterocycles. The number of hydrogen-bond acceptors (Lipinski definition) is 4. The highest BCUT2D eigenvalue weighted by molar-refractivity contribution is 5.67. The molecule has 0 unspecified atom stereocenters. The molecule has 17 heavy (non-hydrogen) atoms. The summed E-state index contributed by atoms with van der Waals surface area (Å²) in [5.41, 5.74) is -0.620. The van der Waals surface area contributed by atoms with Gasteiger partial charge in [-0.25, -0.2) is 4.79 Å². The molecule has 0 aliphatic heterocycles. The molecule has 0 aromatic carbocycles. The van der Waals surface area contributed by atoms with Crippen molar-refractivity contribution in [1.29, 1.82) is 0 Å². The molecule has 98 valence electrons. The summed E-state index contributed by atoms with van der Waals surface area (Å²) >= 11 is 0. The molecular weight excluding hydrogens is 222 g/mol. The lowest BCUT2D eigenvalue weighted by Gasteiger charge is -2.29. The van der Waals surface area contributed by atoms with E-state index in [2.05, 4.69) is 0 Å². The molecule has 5 heteroatoms. The van der Waals surface area contributed by atoms with Gasteiger partial charge in [0.1, 0.15) is 5.60 Å². The third-order valence-electron chi connectivity index (χ3n) is 2.34. The van der Waals surface area contributed by atoms with Gasteiger partial charge in [0, 0.05) is 6.61 Å². The summed E-state index contributed by atoms with van der Waals surface area (Å²) in [6, 6.07) is -0.398. The fraction of sp³-hybridized carbons (Fsp3) is 0.750. The van der Waals surface area contributed by atoms with Gasteiger partial charge in [-0.05, 0) is 34.1 Å². The summed E-state index contributed by atoms with van der Waals surface area (Å²) in [6.07, 6.45) is 3.30. The molecule has 0 saturated carbocycles. The van der Waals surface area contributed by atoms with Crippen LogP contribution in [0.25, 0.3) is 0 Å². The molecule has 1 amide bonds. The normalized spacial score (nSPS) is 23.8. The Labute approximate surface area is 102 Å². The Morgan fingerprint density at radius 3 is 2.71 bits per heavy atom. The molecule has 5 nitrogen and oxygen atoms in total. The number of hydroxylamine groups is 2. The molecular formula is C12H21NO4. The number of carbonyl (C=O) groups excluding carboxylic acids is 1. The van der Waals surface area contributed by atoms with Gasteiger partial charge < -0.3 is 9.47 Å². The van der Waals surface area contributed by atoms with Crippen molar-refractivity contribution in [2.24, 2.45) is 0 Å². The zero-order valence-electron chi connectivity index (χ0n) is 10.8. The molecule has 1 N–H and O–H groups in total. The van der Waals surface area contributed by atoms with Gasteiger partial charge in [-0.15, -0.1) is 0 Å². The van der Waals surface area contributed by atoms with Crippen LogP contribution in [0.4, 0.5) is 4.79 Å². The first-order valence-corrected chi connectivity index (χ1v) is 5.84. The average molecular weight is 243 g/mol. The second-order valence-corrected chi connectivity index (χ2v) is 4.98. The molecule has 0 aromatic rings. The quantitative estimate of drug-likeness (QED) is 0.469. The number of nitrogens with zero attached hydrogens (tertiary/aromatic N) is 1.